The van der Waals surface area contributed by atoms with E-state index in [0.717, 1.165) is 35.8 Å². The Balaban J connectivity index is 2.30. The van der Waals surface area contributed by atoms with Crippen LogP contribution in [0, 0.1) is 0 Å². The van der Waals surface area contributed by atoms with E-state index in [2.05, 4.69) is 15.9 Å². The lowest BCUT2D eigenvalue weighted by Gasteiger charge is -2.24. The van der Waals surface area contributed by atoms with Crippen molar-refractivity contribution in [2.75, 3.05) is 11.4 Å². The van der Waals surface area contributed by atoms with Crippen LogP contribution >= 0.6 is 15.9 Å². The van der Waals surface area contributed by atoms with E-state index in [1.54, 1.807) is 6.07 Å². The van der Waals surface area contributed by atoms with Gasteiger partial charge < -0.3 is 10.6 Å². The van der Waals surface area contributed by atoms with Gasteiger partial charge in [-0.2, -0.15) is 0 Å². The molecule has 17 heavy (non-hydrogen) atoms. The number of hydrogen-bond donors (Lipinski definition) is 1. The van der Waals surface area contributed by atoms with Crippen LogP contribution in [0.3, 0.4) is 0 Å². The summed E-state index contributed by atoms with van der Waals surface area (Å²) in [5.41, 5.74) is 6.89. The molecular weight excluding hydrogens is 284 g/mol. The molecule has 1 atom stereocenters. The van der Waals surface area contributed by atoms with E-state index in [1.165, 1.54) is 0 Å². The van der Waals surface area contributed by atoms with Crippen molar-refractivity contribution >= 4 is 33.8 Å². The van der Waals surface area contributed by atoms with Crippen molar-refractivity contribution in [2.45, 2.75) is 18.9 Å². The average Bonchev–Trinajstić information content (AvgIpc) is 2.77. The van der Waals surface area contributed by atoms with E-state index in [0.29, 0.717) is 5.56 Å². The largest absolute Gasteiger partial charge is 0.368 e. The third kappa shape index (κ3) is 2.34. The molecule has 1 unspecified atom stereocenters. The molecule has 1 aromatic rings. The maximum absolute atomic E-state index is 11.3. The Bertz CT molecular complexity index is 462. The van der Waals surface area contributed by atoms with E-state index in [1.807, 2.05) is 17.0 Å². The normalized spacial score (nSPS) is 19.4. The number of hydrogen-bond acceptors (Lipinski definition) is 3. The summed E-state index contributed by atoms with van der Waals surface area (Å²) in [5.74, 6) is -0.293. The third-order valence-electron chi connectivity index (χ3n) is 3.02. The number of nitrogens with two attached hydrogens (primary N) is 1. The number of anilines is 1. The van der Waals surface area contributed by atoms with E-state index in [9.17, 15) is 9.59 Å². The van der Waals surface area contributed by atoms with E-state index in [4.69, 9.17) is 5.73 Å². The topological polar surface area (TPSA) is 63.4 Å². The Morgan fingerprint density at radius 3 is 2.88 bits per heavy atom. The Kier molecular flexibility index (Phi) is 3.47. The molecule has 1 fully saturated rings. The number of halogens is 1. The minimum absolute atomic E-state index is 0.232. The molecule has 1 aliphatic heterocycles. The van der Waals surface area contributed by atoms with Crippen LogP contribution in [0.2, 0.25) is 0 Å². The molecule has 0 saturated carbocycles. The summed E-state index contributed by atoms with van der Waals surface area (Å²) in [4.78, 5) is 24.0. The van der Waals surface area contributed by atoms with Crippen molar-refractivity contribution < 1.29 is 9.59 Å². The first-order chi connectivity index (χ1) is 8.13. The monoisotopic (exact) mass is 296 g/mol. The Morgan fingerprint density at radius 1 is 1.53 bits per heavy atom. The van der Waals surface area contributed by atoms with Crippen molar-refractivity contribution in [3.8, 4) is 0 Å². The van der Waals surface area contributed by atoms with Crippen molar-refractivity contribution in [2.24, 2.45) is 5.73 Å². The fourth-order valence-corrected chi connectivity index (χ4v) is 2.62. The highest BCUT2D eigenvalue weighted by molar-refractivity contribution is 9.10. The van der Waals surface area contributed by atoms with Gasteiger partial charge in [-0.1, -0.05) is 0 Å². The predicted octanol–water partition coefficient (Wildman–Crippen LogP) is 1.72. The van der Waals surface area contributed by atoms with Gasteiger partial charge in [0, 0.05) is 22.3 Å². The molecule has 1 saturated heterocycles. The van der Waals surface area contributed by atoms with Crippen molar-refractivity contribution in [1.29, 1.82) is 0 Å². The fourth-order valence-electron chi connectivity index (χ4n) is 2.16. The zero-order chi connectivity index (χ0) is 12.4. The summed E-state index contributed by atoms with van der Waals surface area (Å²) in [6.07, 6.45) is 2.55. The maximum Gasteiger partial charge on any atom is 0.240 e. The number of aldehydes is 1. The second-order valence-corrected chi connectivity index (χ2v) is 4.93. The highest BCUT2D eigenvalue weighted by Gasteiger charge is 2.29. The first kappa shape index (κ1) is 12.1. The van der Waals surface area contributed by atoms with E-state index < -0.39 is 0 Å². The van der Waals surface area contributed by atoms with Crippen molar-refractivity contribution in [3.63, 3.8) is 0 Å². The average molecular weight is 297 g/mol. The zero-order valence-electron chi connectivity index (χ0n) is 9.23. The number of nitrogens with zero attached hydrogens (tertiary/aromatic N) is 1. The summed E-state index contributed by atoms with van der Waals surface area (Å²) in [6.45, 7) is 0.820. The van der Waals surface area contributed by atoms with Crippen LogP contribution in [-0.4, -0.2) is 24.8 Å². The van der Waals surface area contributed by atoms with Crippen LogP contribution in [0.1, 0.15) is 23.2 Å². The maximum atomic E-state index is 11.3. The zero-order valence-corrected chi connectivity index (χ0v) is 10.8. The molecule has 0 aliphatic carbocycles. The molecule has 1 aromatic carbocycles. The highest BCUT2D eigenvalue weighted by atomic mass is 79.9. The van der Waals surface area contributed by atoms with Gasteiger partial charge in [-0.05, 0) is 47.0 Å². The molecule has 0 bridgehead atoms. The Labute approximate surface area is 108 Å². The summed E-state index contributed by atoms with van der Waals surface area (Å²) in [5, 5.41) is 0. The number of carbonyl (C=O) groups is 2. The van der Waals surface area contributed by atoms with Gasteiger partial charge in [0.25, 0.3) is 0 Å². The summed E-state index contributed by atoms with van der Waals surface area (Å²) >= 11 is 3.34. The van der Waals surface area contributed by atoms with Gasteiger partial charge in [0.2, 0.25) is 5.91 Å². The first-order valence-corrected chi connectivity index (χ1v) is 6.23. The molecule has 0 spiro atoms. The van der Waals surface area contributed by atoms with Crippen LogP contribution in [0.25, 0.3) is 0 Å². The van der Waals surface area contributed by atoms with E-state index >= 15 is 0 Å². The van der Waals surface area contributed by atoms with Crippen LogP contribution in [0.5, 0.6) is 0 Å². The number of carbonyl (C=O) groups excluding carboxylic acids is 2. The molecule has 0 aromatic heterocycles. The Hall–Kier alpha value is -1.36. The van der Waals surface area contributed by atoms with Crippen LogP contribution < -0.4 is 10.6 Å². The number of rotatable bonds is 3. The SMILES string of the molecule is NC(=O)C1CCCN1c1ccc(C=O)c(Br)c1. The highest BCUT2D eigenvalue weighted by Crippen LogP contribution is 2.29. The standard InChI is InChI=1S/C12H13BrN2O2/c13-10-6-9(4-3-8(10)7-16)15-5-1-2-11(15)12(14)17/h3-4,6-7,11H,1-2,5H2,(H2,14,17). The minimum Gasteiger partial charge on any atom is -0.368 e. The number of benzene rings is 1. The van der Waals surface area contributed by atoms with Crippen molar-refractivity contribution in [3.05, 3.63) is 28.2 Å². The summed E-state index contributed by atoms with van der Waals surface area (Å²) in [6, 6.07) is 5.20. The smallest absolute Gasteiger partial charge is 0.240 e. The minimum atomic E-state index is -0.293. The van der Waals surface area contributed by atoms with E-state index in [-0.39, 0.29) is 11.9 Å². The fraction of sp³-hybridized carbons (Fsp3) is 0.333. The van der Waals surface area contributed by atoms with Gasteiger partial charge in [-0.15, -0.1) is 0 Å². The molecule has 2 rings (SSSR count). The molecule has 1 aliphatic rings. The van der Waals surface area contributed by atoms with Gasteiger partial charge in [-0.25, -0.2) is 0 Å². The molecule has 1 heterocycles. The molecular formula is C12H13BrN2O2. The van der Waals surface area contributed by atoms with Gasteiger partial charge >= 0.3 is 0 Å². The lowest BCUT2D eigenvalue weighted by atomic mass is 10.1. The predicted molar refractivity (Wildman–Crippen MR) is 69.1 cm³/mol. The second kappa shape index (κ2) is 4.87. The molecule has 4 nitrogen and oxygen atoms in total. The third-order valence-corrected chi connectivity index (χ3v) is 3.71. The van der Waals surface area contributed by atoms with Crippen LogP contribution in [0.4, 0.5) is 5.69 Å². The lowest BCUT2D eigenvalue weighted by molar-refractivity contribution is -0.119. The first-order valence-electron chi connectivity index (χ1n) is 5.44. The van der Waals surface area contributed by atoms with Gasteiger partial charge in [0.1, 0.15) is 6.04 Å². The second-order valence-electron chi connectivity index (χ2n) is 4.08. The molecule has 1 amide bonds. The summed E-state index contributed by atoms with van der Waals surface area (Å²) < 4.78 is 0.736. The van der Waals surface area contributed by atoms with Crippen LogP contribution in [-0.2, 0) is 4.79 Å². The molecule has 0 radical (unpaired) electrons. The van der Waals surface area contributed by atoms with Gasteiger partial charge in [-0.3, -0.25) is 9.59 Å². The quantitative estimate of drug-likeness (QED) is 0.864. The van der Waals surface area contributed by atoms with Crippen molar-refractivity contribution in [1.82, 2.24) is 0 Å². The molecule has 5 heteroatoms. The lowest BCUT2D eigenvalue weighted by Crippen LogP contribution is -2.40. The number of amides is 1. The summed E-state index contributed by atoms with van der Waals surface area (Å²) in [7, 11) is 0. The number of primary amides is 1. The van der Waals surface area contributed by atoms with Gasteiger partial charge in [0.15, 0.2) is 6.29 Å². The molecule has 90 valence electrons. The molecule has 2 N–H and O–H groups in total. The van der Waals surface area contributed by atoms with Gasteiger partial charge in [0.05, 0.1) is 0 Å². The Morgan fingerprint density at radius 2 is 2.29 bits per heavy atom. The van der Waals surface area contributed by atoms with Crippen LogP contribution in [0.15, 0.2) is 22.7 Å².